The molecule has 0 aromatic heterocycles. The highest BCUT2D eigenvalue weighted by Gasteiger charge is 2.34. The molecule has 2 saturated carbocycles. The van der Waals surface area contributed by atoms with Gasteiger partial charge in [-0.25, -0.2) is 0 Å². The molecule has 29 heavy (non-hydrogen) atoms. The smallest absolute Gasteiger partial charge is 0.126 e. The summed E-state index contributed by atoms with van der Waals surface area (Å²) in [6.45, 7) is 4.55. The van der Waals surface area contributed by atoms with Crippen LogP contribution in [0.3, 0.4) is 0 Å². The number of hydrogen-bond acceptors (Lipinski definition) is 1. The Kier molecular flexibility index (Phi) is 8.82. The van der Waals surface area contributed by atoms with Gasteiger partial charge >= 0.3 is 0 Å². The van der Waals surface area contributed by atoms with Crippen LogP contribution >= 0.6 is 0 Å². The van der Waals surface area contributed by atoms with Crippen molar-refractivity contribution in [2.24, 2.45) is 17.3 Å². The summed E-state index contributed by atoms with van der Waals surface area (Å²) >= 11 is 0. The van der Waals surface area contributed by atoms with Gasteiger partial charge < -0.3 is 4.79 Å². The van der Waals surface area contributed by atoms with Gasteiger partial charge in [0.25, 0.3) is 0 Å². The Morgan fingerprint density at radius 3 is 2.03 bits per heavy atom. The van der Waals surface area contributed by atoms with Crippen LogP contribution in [-0.2, 0) is 11.2 Å². The largest absolute Gasteiger partial charge is 0.303 e. The second-order valence-electron chi connectivity index (χ2n) is 10.3. The van der Waals surface area contributed by atoms with E-state index in [1.54, 1.807) is 0 Å². The number of unbranched alkanes of at least 4 members (excludes halogenated alkanes) is 1. The number of benzene rings is 1. The van der Waals surface area contributed by atoms with Crippen LogP contribution in [0.1, 0.15) is 121 Å². The van der Waals surface area contributed by atoms with Crippen LogP contribution in [0.15, 0.2) is 24.3 Å². The van der Waals surface area contributed by atoms with Gasteiger partial charge in [-0.1, -0.05) is 89.5 Å². The number of aryl methyl sites for hydroxylation is 1. The lowest BCUT2D eigenvalue weighted by Crippen LogP contribution is -2.28. The summed E-state index contributed by atoms with van der Waals surface area (Å²) in [7, 11) is 0. The SMILES string of the molecule is CCCCC1(C=O)CCC(c2ccc(CC[C@H]3CC[C@H](CCC)CC3)cc2)CC1. The second-order valence-corrected chi connectivity index (χ2v) is 10.3. The fraction of sp³-hybridized carbons (Fsp3) is 0.750. The summed E-state index contributed by atoms with van der Waals surface area (Å²) in [5.74, 6) is 2.64. The number of carbonyl (C=O) groups excluding carboxylic acids is 1. The molecule has 0 aliphatic heterocycles. The first-order chi connectivity index (χ1) is 14.2. The van der Waals surface area contributed by atoms with Crippen molar-refractivity contribution in [3.8, 4) is 0 Å². The van der Waals surface area contributed by atoms with E-state index in [0.717, 1.165) is 31.1 Å². The Hall–Kier alpha value is -1.11. The fourth-order valence-electron chi connectivity index (χ4n) is 6.03. The zero-order valence-corrected chi connectivity index (χ0v) is 19.1. The molecule has 0 saturated heterocycles. The van der Waals surface area contributed by atoms with Gasteiger partial charge in [-0.2, -0.15) is 0 Å². The minimum atomic E-state index is -0.0113. The van der Waals surface area contributed by atoms with Crippen LogP contribution in [0.4, 0.5) is 0 Å². The van der Waals surface area contributed by atoms with Gasteiger partial charge in [0.05, 0.1) is 0 Å². The van der Waals surface area contributed by atoms with Crippen molar-refractivity contribution in [2.75, 3.05) is 0 Å². The number of carbonyl (C=O) groups is 1. The maximum absolute atomic E-state index is 11.7. The molecule has 162 valence electrons. The van der Waals surface area contributed by atoms with Crippen LogP contribution in [0, 0.1) is 17.3 Å². The summed E-state index contributed by atoms with van der Waals surface area (Å²) < 4.78 is 0. The average molecular weight is 397 g/mol. The number of hydrogen-bond donors (Lipinski definition) is 0. The lowest BCUT2D eigenvalue weighted by Gasteiger charge is -2.36. The summed E-state index contributed by atoms with van der Waals surface area (Å²) in [5, 5.41) is 0. The van der Waals surface area contributed by atoms with Crippen LogP contribution < -0.4 is 0 Å². The molecule has 2 fully saturated rings. The normalized spacial score (nSPS) is 30.2. The molecule has 1 heteroatoms. The first-order valence-electron chi connectivity index (χ1n) is 12.7. The first-order valence-corrected chi connectivity index (χ1v) is 12.7. The van der Waals surface area contributed by atoms with Crippen molar-refractivity contribution >= 4 is 6.29 Å². The molecule has 0 spiro atoms. The Morgan fingerprint density at radius 1 is 0.862 bits per heavy atom. The highest BCUT2D eigenvalue weighted by molar-refractivity contribution is 5.59. The van der Waals surface area contributed by atoms with E-state index in [1.165, 1.54) is 94.5 Å². The van der Waals surface area contributed by atoms with Crippen molar-refractivity contribution in [1.82, 2.24) is 0 Å². The Labute approximate surface area is 180 Å². The van der Waals surface area contributed by atoms with Crippen LogP contribution in [0.5, 0.6) is 0 Å². The van der Waals surface area contributed by atoms with E-state index in [1.807, 2.05) is 0 Å². The minimum Gasteiger partial charge on any atom is -0.303 e. The van der Waals surface area contributed by atoms with Gasteiger partial charge in [-0.05, 0) is 73.8 Å². The van der Waals surface area contributed by atoms with E-state index in [0.29, 0.717) is 5.92 Å². The van der Waals surface area contributed by atoms with E-state index < -0.39 is 0 Å². The first kappa shape index (κ1) is 22.6. The Morgan fingerprint density at radius 2 is 1.48 bits per heavy atom. The maximum Gasteiger partial charge on any atom is 0.126 e. The molecular weight excluding hydrogens is 352 g/mol. The molecule has 0 amide bonds. The summed E-state index contributed by atoms with van der Waals surface area (Å²) in [5.41, 5.74) is 3.01. The highest BCUT2D eigenvalue weighted by atomic mass is 16.1. The summed E-state index contributed by atoms with van der Waals surface area (Å²) in [6, 6.07) is 9.55. The molecule has 1 nitrogen and oxygen atoms in total. The van der Waals surface area contributed by atoms with Crippen molar-refractivity contribution in [3.63, 3.8) is 0 Å². The standard InChI is InChI=1S/C28H44O/c1-3-5-19-28(22-29)20-17-27(18-21-28)26-15-13-25(14-16-26)12-11-24-9-7-23(6-4-2)8-10-24/h13-16,22-24,27H,3-12,17-21H2,1-2H3/t23-,24-,27?,28?. The lowest BCUT2D eigenvalue weighted by molar-refractivity contribution is -0.118. The molecule has 3 rings (SSSR count). The highest BCUT2D eigenvalue weighted by Crippen LogP contribution is 2.44. The van der Waals surface area contributed by atoms with Crippen molar-refractivity contribution in [1.29, 1.82) is 0 Å². The third-order valence-corrected chi connectivity index (χ3v) is 8.22. The molecule has 0 atom stereocenters. The molecule has 0 bridgehead atoms. The molecule has 0 radical (unpaired) electrons. The summed E-state index contributed by atoms with van der Waals surface area (Å²) in [4.78, 5) is 11.7. The Balaban J connectivity index is 1.43. The van der Waals surface area contributed by atoms with E-state index in [2.05, 4.69) is 38.1 Å². The Bertz CT molecular complexity index is 585. The quantitative estimate of drug-likeness (QED) is 0.364. The third-order valence-electron chi connectivity index (χ3n) is 8.22. The molecule has 2 aliphatic rings. The van der Waals surface area contributed by atoms with E-state index in [9.17, 15) is 4.79 Å². The topological polar surface area (TPSA) is 17.1 Å². The van der Waals surface area contributed by atoms with Crippen molar-refractivity contribution in [3.05, 3.63) is 35.4 Å². The molecule has 0 N–H and O–H groups in total. The molecule has 1 aromatic rings. The maximum atomic E-state index is 11.7. The van der Waals surface area contributed by atoms with Gasteiger partial charge in [-0.15, -0.1) is 0 Å². The number of aldehydes is 1. The third kappa shape index (κ3) is 6.43. The zero-order chi connectivity index (χ0) is 20.5. The summed E-state index contributed by atoms with van der Waals surface area (Å²) in [6.07, 6.45) is 20.6. The average Bonchev–Trinajstić information content (AvgIpc) is 2.78. The predicted molar refractivity (Wildman–Crippen MR) is 124 cm³/mol. The molecule has 0 unspecified atom stereocenters. The van der Waals surface area contributed by atoms with Crippen LogP contribution in [0.2, 0.25) is 0 Å². The van der Waals surface area contributed by atoms with Gasteiger partial charge in [-0.3, -0.25) is 0 Å². The van der Waals surface area contributed by atoms with E-state index in [-0.39, 0.29) is 5.41 Å². The van der Waals surface area contributed by atoms with Crippen molar-refractivity contribution < 1.29 is 4.79 Å². The van der Waals surface area contributed by atoms with Gasteiger partial charge in [0.1, 0.15) is 6.29 Å². The molecular formula is C28H44O. The van der Waals surface area contributed by atoms with Gasteiger partial charge in [0.2, 0.25) is 0 Å². The lowest BCUT2D eigenvalue weighted by atomic mass is 9.67. The molecule has 2 aliphatic carbocycles. The van der Waals surface area contributed by atoms with Gasteiger partial charge in [0, 0.05) is 5.41 Å². The van der Waals surface area contributed by atoms with Crippen LogP contribution in [0.25, 0.3) is 0 Å². The predicted octanol–water partition coefficient (Wildman–Crippen LogP) is 8.26. The number of rotatable bonds is 10. The van der Waals surface area contributed by atoms with Crippen LogP contribution in [-0.4, -0.2) is 6.29 Å². The molecule has 0 heterocycles. The van der Waals surface area contributed by atoms with E-state index in [4.69, 9.17) is 0 Å². The van der Waals surface area contributed by atoms with Crippen molar-refractivity contribution in [2.45, 2.75) is 116 Å². The van der Waals surface area contributed by atoms with E-state index >= 15 is 0 Å². The second kappa shape index (κ2) is 11.3. The minimum absolute atomic E-state index is 0.0113. The monoisotopic (exact) mass is 396 g/mol. The fourth-order valence-corrected chi connectivity index (χ4v) is 6.03. The zero-order valence-electron chi connectivity index (χ0n) is 19.1. The molecule has 1 aromatic carbocycles. The van der Waals surface area contributed by atoms with Gasteiger partial charge in [0.15, 0.2) is 0 Å².